The first-order chi connectivity index (χ1) is 9.24. The van der Waals surface area contributed by atoms with Gasteiger partial charge in [0.05, 0.1) is 19.0 Å². The maximum atomic E-state index is 12.3. The Morgan fingerprint density at radius 2 is 2.26 bits per heavy atom. The summed E-state index contributed by atoms with van der Waals surface area (Å²) in [7, 11) is 1.56. The molecule has 1 aromatic rings. The maximum absolute atomic E-state index is 12.3. The van der Waals surface area contributed by atoms with E-state index in [1.54, 1.807) is 25.4 Å². The van der Waals surface area contributed by atoms with E-state index in [4.69, 9.17) is 10.5 Å². The molecule has 1 fully saturated rings. The number of anilines is 1. The number of nitrogens with one attached hydrogen (secondary N) is 1. The number of aromatic nitrogens is 1. The number of hydrogen-bond donors (Lipinski definition) is 2. The number of methoxy groups -OCH3 is 1. The quantitative estimate of drug-likeness (QED) is 0.868. The van der Waals surface area contributed by atoms with E-state index in [1.807, 2.05) is 0 Å². The number of nitrogens with zero attached hydrogens (tertiary/aromatic N) is 1. The number of nitrogens with two attached hydrogens (primary N) is 1. The normalized spacial score (nSPS) is 22.8. The van der Waals surface area contributed by atoms with Gasteiger partial charge in [0.15, 0.2) is 0 Å². The van der Waals surface area contributed by atoms with Crippen molar-refractivity contribution < 1.29 is 9.53 Å². The molecule has 19 heavy (non-hydrogen) atoms. The van der Waals surface area contributed by atoms with E-state index < -0.39 is 0 Å². The molecule has 0 aliphatic heterocycles. The summed E-state index contributed by atoms with van der Waals surface area (Å²) in [6.07, 6.45) is 5.87. The van der Waals surface area contributed by atoms with Crippen LogP contribution < -0.4 is 15.8 Å². The fourth-order valence-corrected chi connectivity index (χ4v) is 2.64. The lowest BCUT2D eigenvalue weighted by atomic mass is 9.79. The Morgan fingerprint density at radius 1 is 1.47 bits per heavy atom. The van der Waals surface area contributed by atoms with Gasteiger partial charge < -0.3 is 15.8 Å². The second-order valence-corrected chi connectivity index (χ2v) is 4.97. The van der Waals surface area contributed by atoms with Crippen LogP contribution in [0.4, 0.5) is 5.69 Å². The molecule has 3 N–H and O–H groups in total. The van der Waals surface area contributed by atoms with Crippen molar-refractivity contribution >= 4 is 11.6 Å². The monoisotopic (exact) mass is 263 g/mol. The predicted octanol–water partition coefficient (Wildman–Crippen LogP) is 1.79. The second-order valence-electron chi connectivity index (χ2n) is 4.97. The van der Waals surface area contributed by atoms with Crippen molar-refractivity contribution in [3.8, 4) is 5.88 Å². The number of ether oxygens (including phenoxy) is 1. The number of amides is 1. The molecule has 1 saturated carbocycles. The Morgan fingerprint density at radius 3 is 2.89 bits per heavy atom. The van der Waals surface area contributed by atoms with Crippen LogP contribution in [0.3, 0.4) is 0 Å². The average Bonchev–Trinajstić information content (AvgIpc) is 2.48. The van der Waals surface area contributed by atoms with Crippen molar-refractivity contribution in [1.82, 2.24) is 4.98 Å². The standard InChI is InChI=1S/C14H21N3O2/c1-19-13-7-6-11(9-16-13)17-14(18)12-5-3-2-4-10(12)8-15/h6-7,9-10,12H,2-5,8,15H2,1H3,(H,17,18). The Labute approximate surface area is 113 Å². The van der Waals surface area contributed by atoms with Crippen LogP contribution >= 0.6 is 0 Å². The molecule has 2 atom stereocenters. The zero-order valence-corrected chi connectivity index (χ0v) is 11.3. The van der Waals surface area contributed by atoms with Crippen molar-refractivity contribution in [2.75, 3.05) is 19.0 Å². The van der Waals surface area contributed by atoms with E-state index in [2.05, 4.69) is 10.3 Å². The van der Waals surface area contributed by atoms with Gasteiger partial charge in [-0.1, -0.05) is 12.8 Å². The molecule has 1 aromatic heterocycles. The Balaban J connectivity index is 1.98. The van der Waals surface area contributed by atoms with E-state index in [9.17, 15) is 4.79 Å². The zero-order valence-electron chi connectivity index (χ0n) is 11.3. The molecule has 2 unspecified atom stereocenters. The van der Waals surface area contributed by atoms with Gasteiger partial charge in [0.25, 0.3) is 0 Å². The van der Waals surface area contributed by atoms with Gasteiger partial charge >= 0.3 is 0 Å². The van der Waals surface area contributed by atoms with E-state index in [0.29, 0.717) is 24.0 Å². The van der Waals surface area contributed by atoms with Crippen molar-refractivity contribution in [2.45, 2.75) is 25.7 Å². The predicted molar refractivity (Wildman–Crippen MR) is 73.9 cm³/mol. The third kappa shape index (κ3) is 3.44. The highest BCUT2D eigenvalue weighted by Gasteiger charge is 2.29. The SMILES string of the molecule is COc1ccc(NC(=O)C2CCCCC2CN)cn1. The highest BCUT2D eigenvalue weighted by atomic mass is 16.5. The Hall–Kier alpha value is -1.62. The van der Waals surface area contributed by atoms with Crippen molar-refractivity contribution in [3.63, 3.8) is 0 Å². The van der Waals surface area contributed by atoms with Crippen LogP contribution in [-0.2, 0) is 4.79 Å². The third-order valence-corrected chi connectivity index (χ3v) is 3.76. The highest BCUT2D eigenvalue weighted by Crippen LogP contribution is 2.30. The van der Waals surface area contributed by atoms with Gasteiger partial charge in [-0.25, -0.2) is 4.98 Å². The van der Waals surface area contributed by atoms with Crippen molar-refractivity contribution in [1.29, 1.82) is 0 Å². The van der Waals surface area contributed by atoms with Gasteiger partial charge in [-0.2, -0.15) is 0 Å². The molecule has 5 heteroatoms. The van der Waals surface area contributed by atoms with E-state index >= 15 is 0 Å². The van der Waals surface area contributed by atoms with Crippen LogP contribution in [-0.4, -0.2) is 24.5 Å². The molecule has 1 aliphatic carbocycles. The number of carbonyl (C=O) groups is 1. The Bertz CT molecular complexity index is 419. The first-order valence-corrected chi connectivity index (χ1v) is 6.75. The molecule has 1 amide bonds. The van der Waals surface area contributed by atoms with Crippen molar-refractivity contribution in [3.05, 3.63) is 18.3 Å². The molecular formula is C14H21N3O2. The molecule has 0 aromatic carbocycles. The first-order valence-electron chi connectivity index (χ1n) is 6.75. The smallest absolute Gasteiger partial charge is 0.227 e. The number of carbonyl (C=O) groups excluding carboxylic acids is 1. The van der Waals surface area contributed by atoms with Crippen LogP contribution in [0.2, 0.25) is 0 Å². The van der Waals surface area contributed by atoms with Gasteiger partial charge in [0, 0.05) is 12.0 Å². The minimum atomic E-state index is 0.0286. The molecular weight excluding hydrogens is 242 g/mol. The number of hydrogen-bond acceptors (Lipinski definition) is 4. The maximum Gasteiger partial charge on any atom is 0.227 e. The molecule has 104 valence electrons. The van der Waals surface area contributed by atoms with Gasteiger partial charge in [0.2, 0.25) is 11.8 Å². The fraction of sp³-hybridized carbons (Fsp3) is 0.571. The van der Waals surface area contributed by atoms with E-state index in [0.717, 1.165) is 19.3 Å². The van der Waals surface area contributed by atoms with Crippen LogP contribution in [0.15, 0.2) is 18.3 Å². The summed E-state index contributed by atoms with van der Waals surface area (Å²) in [6.45, 7) is 0.582. The average molecular weight is 263 g/mol. The van der Waals surface area contributed by atoms with Gasteiger partial charge in [0.1, 0.15) is 0 Å². The lowest BCUT2D eigenvalue weighted by molar-refractivity contribution is -0.122. The van der Waals surface area contributed by atoms with Crippen LogP contribution in [0.25, 0.3) is 0 Å². The zero-order chi connectivity index (χ0) is 13.7. The summed E-state index contributed by atoms with van der Waals surface area (Å²) < 4.78 is 4.98. The van der Waals surface area contributed by atoms with Gasteiger partial charge in [-0.3, -0.25) is 4.79 Å². The lowest BCUT2D eigenvalue weighted by Crippen LogP contribution is -2.35. The molecule has 0 radical (unpaired) electrons. The van der Waals surface area contributed by atoms with Crippen LogP contribution in [0, 0.1) is 11.8 Å². The van der Waals surface area contributed by atoms with E-state index in [-0.39, 0.29) is 11.8 Å². The van der Waals surface area contributed by atoms with Gasteiger partial charge in [-0.05, 0) is 31.4 Å². The Kier molecular flexibility index (Phi) is 4.74. The minimum Gasteiger partial charge on any atom is -0.481 e. The molecule has 1 aliphatic rings. The first kappa shape index (κ1) is 13.8. The molecule has 0 spiro atoms. The van der Waals surface area contributed by atoms with Crippen LogP contribution in [0.5, 0.6) is 5.88 Å². The summed E-state index contributed by atoms with van der Waals surface area (Å²) >= 11 is 0. The van der Waals surface area contributed by atoms with E-state index in [1.165, 1.54) is 6.42 Å². The molecule has 0 saturated heterocycles. The number of pyridine rings is 1. The fourth-order valence-electron chi connectivity index (χ4n) is 2.64. The van der Waals surface area contributed by atoms with Crippen LogP contribution in [0.1, 0.15) is 25.7 Å². The number of rotatable bonds is 4. The molecule has 1 heterocycles. The molecule has 0 bridgehead atoms. The summed E-state index contributed by atoms with van der Waals surface area (Å²) in [5.74, 6) is 0.929. The largest absolute Gasteiger partial charge is 0.481 e. The van der Waals surface area contributed by atoms with Crippen molar-refractivity contribution in [2.24, 2.45) is 17.6 Å². The topological polar surface area (TPSA) is 77.2 Å². The summed E-state index contributed by atoms with van der Waals surface area (Å²) in [4.78, 5) is 16.3. The molecule has 5 nitrogen and oxygen atoms in total. The minimum absolute atomic E-state index is 0.0286. The lowest BCUT2D eigenvalue weighted by Gasteiger charge is -2.29. The summed E-state index contributed by atoms with van der Waals surface area (Å²) in [5.41, 5.74) is 6.45. The summed E-state index contributed by atoms with van der Waals surface area (Å²) in [6, 6.07) is 3.53. The highest BCUT2D eigenvalue weighted by molar-refractivity contribution is 5.92. The third-order valence-electron chi connectivity index (χ3n) is 3.76. The molecule has 2 rings (SSSR count). The van der Waals surface area contributed by atoms with Gasteiger partial charge in [-0.15, -0.1) is 0 Å². The second kappa shape index (κ2) is 6.52. The summed E-state index contributed by atoms with van der Waals surface area (Å²) in [5, 5.41) is 2.91.